The standard InChI is InChI=1S/C20H16Cl2FN3S/c21-16-5-8-19(18(22)10-16)25-20(27)26(13-15-2-1-9-24-11-15)12-14-3-6-17(23)7-4-14/h1-11H,12-13H2,(H,25,27). The van der Waals surface area contributed by atoms with Crippen molar-refractivity contribution in [3.05, 3.63) is 94.0 Å². The summed E-state index contributed by atoms with van der Waals surface area (Å²) in [7, 11) is 0. The van der Waals surface area contributed by atoms with Gasteiger partial charge in [0.25, 0.3) is 0 Å². The molecule has 0 bridgehead atoms. The van der Waals surface area contributed by atoms with E-state index in [9.17, 15) is 4.39 Å². The molecule has 27 heavy (non-hydrogen) atoms. The summed E-state index contributed by atoms with van der Waals surface area (Å²) in [6, 6.07) is 15.4. The van der Waals surface area contributed by atoms with E-state index >= 15 is 0 Å². The maximum atomic E-state index is 13.2. The van der Waals surface area contributed by atoms with Crippen molar-refractivity contribution in [2.45, 2.75) is 13.1 Å². The fraction of sp³-hybridized carbons (Fsp3) is 0.100. The summed E-state index contributed by atoms with van der Waals surface area (Å²) in [6.07, 6.45) is 3.51. The molecule has 0 saturated heterocycles. The van der Waals surface area contributed by atoms with Gasteiger partial charge in [-0.3, -0.25) is 4.98 Å². The maximum Gasteiger partial charge on any atom is 0.174 e. The highest BCUT2D eigenvalue weighted by Crippen LogP contribution is 2.26. The number of thiocarbonyl (C=S) groups is 1. The van der Waals surface area contributed by atoms with Crippen LogP contribution in [0.25, 0.3) is 0 Å². The highest BCUT2D eigenvalue weighted by Gasteiger charge is 2.13. The van der Waals surface area contributed by atoms with Gasteiger partial charge in [-0.1, -0.05) is 41.4 Å². The molecule has 3 aromatic rings. The third-order valence-corrected chi connectivity index (χ3v) is 4.75. The fourth-order valence-electron chi connectivity index (χ4n) is 2.51. The van der Waals surface area contributed by atoms with Crippen molar-refractivity contribution in [2.24, 2.45) is 0 Å². The van der Waals surface area contributed by atoms with E-state index in [2.05, 4.69) is 10.3 Å². The number of aromatic nitrogens is 1. The zero-order valence-corrected chi connectivity index (χ0v) is 16.5. The molecule has 1 heterocycles. The number of nitrogens with one attached hydrogen (secondary N) is 1. The molecule has 0 unspecified atom stereocenters. The Hall–Kier alpha value is -2.21. The first-order valence-electron chi connectivity index (χ1n) is 8.15. The zero-order valence-electron chi connectivity index (χ0n) is 14.2. The smallest absolute Gasteiger partial charge is 0.174 e. The van der Waals surface area contributed by atoms with Gasteiger partial charge in [0.1, 0.15) is 5.82 Å². The second-order valence-electron chi connectivity index (χ2n) is 5.90. The first-order chi connectivity index (χ1) is 13.0. The largest absolute Gasteiger partial charge is 0.340 e. The number of pyridine rings is 1. The van der Waals surface area contributed by atoms with Crippen LogP contribution in [0.4, 0.5) is 10.1 Å². The van der Waals surface area contributed by atoms with Crippen LogP contribution < -0.4 is 5.32 Å². The van der Waals surface area contributed by atoms with Crippen molar-refractivity contribution in [1.29, 1.82) is 0 Å². The van der Waals surface area contributed by atoms with E-state index < -0.39 is 0 Å². The summed E-state index contributed by atoms with van der Waals surface area (Å²) < 4.78 is 13.2. The summed E-state index contributed by atoms with van der Waals surface area (Å²) in [5.74, 6) is -0.272. The molecule has 1 aromatic heterocycles. The molecule has 0 aliphatic heterocycles. The van der Waals surface area contributed by atoms with Gasteiger partial charge in [-0.2, -0.15) is 0 Å². The van der Waals surface area contributed by atoms with E-state index in [-0.39, 0.29) is 5.82 Å². The van der Waals surface area contributed by atoms with Crippen LogP contribution in [-0.2, 0) is 13.1 Å². The van der Waals surface area contributed by atoms with Crippen LogP contribution in [0.1, 0.15) is 11.1 Å². The Morgan fingerprint density at radius 2 is 1.78 bits per heavy atom. The van der Waals surface area contributed by atoms with Gasteiger partial charge in [0.05, 0.1) is 10.7 Å². The summed E-state index contributed by atoms with van der Waals surface area (Å²) in [5, 5.41) is 4.69. The first-order valence-corrected chi connectivity index (χ1v) is 9.32. The molecule has 7 heteroatoms. The Morgan fingerprint density at radius 1 is 1.04 bits per heavy atom. The van der Waals surface area contributed by atoms with Gasteiger partial charge in [-0.15, -0.1) is 0 Å². The summed E-state index contributed by atoms with van der Waals surface area (Å²) in [6.45, 7) is 1.05. The molecule has 0 amide bonds. The van der Waals surface area contributed by atoms with Crippen molar-refractivity contribution in [2.75, 3.05) is 5.32 Å². The molecule has 0 atom stereocenters. The summed E-state index contributed by atoms with van der Waals surface area (Å²) in [4.78, 5) is 6.11. The second kappa shape index (κ2) is 9.13. The van der Waals surface area contributed by atoms with E-state index in [1.807, 2.05) is 17.0 Å². The number of hydrogen-bond donors (Lipinski definition) is 1. The molecule has 0 radical (unpaired) electrons. The van der Waals surface area contributed by atoms with E-state index in [0.29, 0.717) is 33.9 Å². The number of halogens is 3. The quantitative estimate of drug-likeness (QED) is 0.518. The second-order valence-corrected chi connectivity index (χ2v) is 7.13. The van der Waals surface area contributed by atoms with E-state index in [4.69, 9.17) is 35.4 Å². The normalized spacial score (nSPS) is 10.5. The molecule has 0 spiro atoms. The van der Waals surface area contributed by atoms with Crippen LogP contribution in [0.5, 0.6) is 0 Å². The van der Waals surface area contributed by atoms with Gasteiger partial charge in [-0.25, -0.2) is 4.39 Å². The van der Waals surface area contributed by atoms with Gasteiger partial charge >= 0.3 is 0 Å². The number of nitrogens with zero attached hydrogens (tertiary/aromatic N) is 2. The van der Waals surface area contributed by atoms with Crippen LogP contribution in [0.2, 0.25) is 10.0 Å². The van der Waals surface area contributed by atoms with Crippen molar-refractivity contribution in [3.8, 4) is 0 Å². The van der Waals surface area contributed by atoms with Crippen LogP contribution >= 0.6 is 35.4 Å². The van der Waals surface area contributed by atoms with Crippen molar-refractivity contribution in [1.82, 2.24) is 9.88 Å². The molecular weight excluding hydrogens is 404 g/mol. The van der Waals surface area contributed by atoms with E-state index in [0.717, 1.165) is 11.1 Å². The number of anilines is 1. The Labute approximate surface area is 172 Å². The summed E-state index contributed by atoms with van der Waals surface area (Å²) in [5.41, 5.74) is 2.61. The minimum Gasteiger partial charge on any atom is -0.340 e. The molecule has 3 nitrogen and oxygen atoms in total. The Kier molecular flexibility index (Phi) is 6.61. The third-order valence-electron chi connectivity index (χ3n) is 3.84. The Balaban J connectivity index is 1.81. The average Bonchev–Trinajstić information content (AvgIpc) is 2.66. The lowest BCUT2D eigenvalue weighted by atomic mass is 10.2. The molecule has 3 rings (SSSR count). The van der Waals surface area contributed by atoms with Gasteiger partial charge in [0.15, 0.2) is 5.11 Å². The summed E-state index contributed by atoms with van der Waals surface area (Å²) >= 11 is 17.8. The van der Waals surface area contributed by atoms with Crippen LogP contribution in [0, 0.1) is 5.82 Å². The predicted octanol–water partition coefficient (Wildman–Crippen LogP) is 5.93. The van der Waals surface area contributed by atoms with Gasteiger partial charge in [0.2, 0.25) is 0 Å². The zero-order chi connectivity index (χ0) is 19.2. The van der Waals surface area contributed by atoms with Crippen LogP contribution in [-0.4, -0.2) is 15.0 Å². The lowest BCUT2D eigenvalue weighted by Gasteiger charge is -2.26. The van der Waals surface area contributed by atoms with Crippen LogP contribution in [0.3, 0.4) is 0 Å². The monoisotopic (exact) mass is 419 g/mol. The highest BCUT2D eigenvalue weighted by molar-refractivity contribution is 7.80. The molecule has 0 aliphatic carbocycles. The molecular formula is C20H16Cl2FN3S. The molecule has 0 aliphatic rings. The SMILES string of the molecule is Fc1ccc(CN(Cc2cccnc2)C(=S)Nc2ccc(Cl)cc2Cl)cc1. The highest BCUT2D eigenvalue weighted by atomic mass is 35.5. The maximum absolute atomic E-state index is 13.2. The molecule has 2 aromatic carbocycles. The number of hydrogen-bond acceptors (Lipinski definition) is 2. The lowest BCUT2D eigenvalue weighted by Crippen LogP contribution is -2.34. The Morgan fingerprint density at radius 3 is 2.44 bits per heavy atom. The van der Waals surface area contributed by atoms with Crippen molar-refractivity contribution in [3.63, 3.8) is 0 Å². The third kappa shape index (κ3) is 5.63. The van der Waals surface area contributed by atoms with Crippen LogP contribution in [0.15, 0.2) is 67.0 Å². The van der Waals surface area contributed by atoms with Crippen molar-refractivity contribution < 1.29 is 4.39 Å². The topological polar surface area (TPSA) is 28.2 Å². The predicted molar refractivity (Wildman–Crippen MR) is 113 cm³/mol. The van der Waals surface area contributed by atoms with Gasteiger partial charge < -0.3 is 10.2 Å². The molecule has 0 fully saturated rings. The molecule has 0 saturated carbocycles. The average molecular weight is 420 g/mol. The van der Waals surface area contributed by atoms with Gasteiger partial charge in [-0.05, 0) is 59.7 Å². The molecule has 138 valence electrons. The number of rotatable bonds is 5. The van der Waals surface area contributed by atoms with Crippen molar-refractivity contribution >= 4 is 46.2 Å². The molecule has 1 N–H and O–H groups in total. The minimum absolute atomic E-state index is 0.272. The minimum atomic E-state index is -0.272. The van der Waals surface area contributed by atoms with E-state index in [1.165, 1.54) is 12.1 Å². The van der Waals surface area contributed by atoms with E-state index in [1.54, 1.807) is 42.7 Å². The number of benzene rings is 2. The first kappa shape index (κ1) is 19.5. The van der Waals surface area contributed by atoms with Gasteiger partial charge in [0, 0.05) is 30.5 Å². The fourth-order valence-corrected chi connectivity index (χ4v) is 3.20. The lowest BCUT2D eigenvalue weighted by molar-refractivity contribution is 0.412. The Bertz CT molecular complexity index is 920.